The van der Waals surface area contributed by atoms with Gasteiger partial charge in [-0.15, -0.1) is 0 Å². The van der Waals surface area contributed by atoms with Crippen molar-refractivity contribution >= 4 is 17.4 Å². The van der Waals surface area contributed by atoms with Crippen LogP contribution in [0.5, 0.6) is 5.88 Å². The van der Waals surface area contributed by atoms with Crippen LogP contribution in [-0.4, -0.2) is 17.9 Å². The number of carbonyl (C=O) groups excluding carboxylic acids is 1. The number of methoxy groups -OCH3 is 1. The maximum absolute atomic E-state index is 11.6. The number of ketones is 1. The van der Waals surface area contributed by atoms with Crippen LogP contribution in [0, 0.1) is 0 Å². The Morgan fingerprint density at radius 3 is 2.67 bits per heavy atom. The number of rotatable bonds is 3. The van der Waals surface area contributed by atoms with Crippen LogP contribution in [0.4, 0.5) is 0 Å². The maximum Gasteiger partial charge on any atom is 0.218 e. The van der Waals surface area contributed by atoms with E-state index >= 15 is 0 Å². The van der Waals surface area contributed by atoms with Gasteiger partial charge in [-0.1, -0.05) is 11.6 Å². The zero-order valence-electron chi connectivity index (χ0n) is 8.71. The second-order valence-corrected chi connectivity index (χ2v) is 4.22. The van der Waals surface area contributed by atoms with E-state index in [9.17, 15) is 4.79 Å². The SMILES string of the molecule is COc1nc(Cl)ccc1C1(C(C)=O)CC1. The summed E-state index contributed by atoms with van der Waals surface area (Å²) in [5.74, 6) is 0.639. The lowest BCUT2D eigenvalue weighted by Crippen LogP contribution is -2.18. The monoisotopic (exact) mass is 225 g/mol. The van der Waals surface area contributed by atoms with Crippen molar-refractivity contribution < 1.29 is 9.53 Å². The van der Waals surface area contributed by atoms with E-state index in [-0.39, 0.29) is 11.2 Å². The molecule has 1 fully saturated rings. The van der Waals surface area contributed by atoms with Crippen LogP contribution in [0.3, 0.4) is 0 Å². The molecule has 0 unspecified atom stereocenters. The number of Topliss-reactive ketones (excluding diaryl/α,β-unsaturated/α-hetero) is 1. The molecule has 0 aromatic carbocycles. The molecule has 1 aromatic rings. The second kappa shape index (κ2) is 3.49. The molecule has 1 heterocycles. The van der Waals surface area contributed by atoms with Crippen LogP contribution < -0.4 is 4.74 Å². The summed E-state index contributed by atoms with van der Waals surface area (Å²) in [6.07, 6.45) is 1.75. The lowest BCUT2D eigenvalue weighted by atomic mass is 9.93. The summed E-state index contributed by atoms with van der Waals surface area (Å²) in [5, 5.41) is 0.384. The Morgan fingerprint density at radius 2 is 2.20 bits per heavy atom. The number of nitrogens with zero attached hydrogens (tertiary/aromatic N) is 1. The molecule has 0 spiro atoms. The summed E-state index contributed by atoms with van der Waals surface area (Å²) in [6.45, 7) is 1.61. The lowest BCUT2D eigenvalue weighted by Gasteiger charge is -2.14. The van der Waals surface area contributed by atoms with Gasteiger partial charge in [0.15, 0.2) is 0 Å². The zero-order valence-corrected chi connectivity index (χ0v) is 9.47. The van der Waals surface area contributed by atoms with E-state index in [2.05, 4.69) is 4.98 Å². The van der Waals surface area contributed by atoms with Crippen molar-refractivity contribution in [2.45, 2.75) is 25.2 Å². The zero-order chi connectivity index (χ0) is 11.1. The fraction of sp³-hybridized carbons (Fsp3) is 0.455. The highest BCUT2D eigenvalue weighted by atomic mass is 35.5. The number of hydrogen-bond donors (Lipinski definition) is 0. The van der Waals surface area contributed by atoms with Gasteiger partial charge in [-0.25, -0.2) is 4.98 Å². The minimum absolute atomic E-state index is 0.171. The first-order valence-electron chi connectivity index (χ1n) is 4.82. The van der Waals surface area contributed by atoms with Crippen molar-refractivity contribution in [3.8, 4) is 5.88 Å². The normalized spacial score (nSPS) is 17.3. The minimum atomic E-state index is -0.358. The highest BCUT2D eigenvalue weighted by Gasteiger charge is 2.50. The predicted octanol–water partition coefficient (Wildman–Crippen LogP) is 2.36. The Hall–Kier alpha value is -1.09. The van der Waals surface area contributed by atoms with Crippen LogP contribution >= 0.6 is 11.6 Å². The van der Waals surface area contributed by atoms with E-state index in [1.807, 2.05) is 6.07 Å². The molecular formula is C11H12ClNO2. The summed E-state index contributed by atoms with van der Waals surface area (Å²) in [7, 11) is 1.54. The molecule has 1 aromatic heterocycles. The van der Waals surface area contributed by atoms with Crippen molar-refractivity contribution in [3.05, 3.63) is 22.8 Å². The summed E-state index contributed by atoms with van der Waals surface area (Å²) in [4.78, 5) is 15.6. The van der Waals surface area contributed by atoms with E-state index in [4.69, 9.17) is 16.3 Å². The van der Waals surface area contributed by atoms with Crippen LogP contribution in [0.25, 0.3) is 0 Å². The molecule has 0 amide bonds. The summed E-state index contributed by atoms with van der Waals surface area (Å²) in [5.41, 5.74) is 0.505. The molecule has 1 aliphatic rings. The molecule has 80 valence electrons. The third kappa shape index (κ3) is 1.61. The standard InChI is InChI=1S/C11H12ClNO2/c1-7(14)11(5-6-11)8-3-4-9(12)13-10(8)15-2/h3-4H,5-6H2,1-2H3. The minimum Gasteiger partial charge on any atom is -0.481 e. The molecule has 0 radical (unpaired) electrons. The van der Waals surface area contributed by atoms with Gasteiger partial charge in [0.1, 0.15) is 10.9 Å². The van der Waals surface area contributed by atoms with E-state index in [1.165, 1.54) is 0 Å². The lowest BCUT2D eigenvalue weighted by molar-refractivity contribution is -0.119. The number of hydrogen-bond acceptors (Lipinski definition) is 3. The summed E-state index contributed by atoms with van der Waals surface area (Å²) < 4.78 is 5.15. The number of pyridine rings is 1. The first kappa shape index (κ1) is 10.4. The molecular weight excluding hydrogens is 214 g/mol. The summed E-state index contributed by atoms with van der Waals surface area (Å²) in [6, 6.07) is 3.53. The quantitative estimate of drug-likeness (QED) is 0.742. The van der Waals surface area contributed by atoms with Gasteiger partial charge >= 0.3 is 0 Å². The fourth-order valence-electron chi connectivity index (χ4n) is 1.87. The highest BCUT2D eigenvalue weighted by molar-refractivity contribution is 6.29. The second-order valence-electron chi connectivity index (χ2n) is 3.83. The first-order valence-corrected chi connectivity index (χ1v) is 5.20. The first-order chi connectivity index (χ1) is 7.10. The smallest absolute Gasteiger partial charge is 0.218 e. The molecule has 4 heteroatoms. The Bertz CT molecular complexity index is 413. The van der Waals surface area contributed by atoms with E-state index in [1.54, 1.807) is 20.1 Å². The van der Waals surface area contributed by atoms with Crippen LogP contribution in [0.1, 0.15) is 25.3 Å². The molecule has 0 saturated heterocycles. The Morgan fingerprint density at radius 1 is 1.53 bits per heavy atom. The van der Waals surface area contributed by atoms with Crippen molar-refractivity contribution in [2.75, 3.05) is 7.11 Å². The molecule has 0 N–H and O–H groups in total. The molecule has 3 nitrogen and oxygen atoms in total. The van der Waals surface area contributed by atoms with Gasteiger partial charge in [0, 0.05) is 5.56 Å². The number of aromatic nitrogens is 1. The Balaban J connectivity index is 2.48. The van der Waals surface area contributed by atoms with Gasteiger partial charge < -0.3 is 4.74 Å². The van der Waals surface area contributed by atoms with Gasteiger partial charge in [0.2, 0.25) is 5.88 Å². The van der Waals surface area contributed by atoms with Crippen molar-refractivity contribution in [1.82, 2.24) is 4.98 Å². The van der Waals surface area contributed by atoms with Crippen LogP contribution in [-0.2, 0) is 10.2 Å². The van der Waals surface area contributed by atoms with Gasteiger partial charge in [-0.3, -0.25) is 4.79 Å². The highest BCUT2D eigenvalue weighted by Crippen LogP contribution is 2.51. The Kier molecular flexibility index (Phi) is 2.43. The topological polar surface area (TPSA) is 39.2 Å². The average Bonchev–Trinajstić information content (AvgIpc) is 2.98. The van der Waals surface area contributed by atoms with Crippen molar-refractivity contribution in [3.63, 3.8) is 0 Å². The molecule has 15 heavy (non-hydrogen) atoms. The molecule has 0 atom stereocenters. The number of ether oxygens (including phenoxy) is 1. The maximum atomic E-state index is 11.6. The fourth-order valence-corrected chi connectivity index (χ4v) is 2.01. The molecule has 2 rings (SSSR count). The Labute approximate surface area is 93.4 Å². The van der Waals surface area contributed by atoms with Crippen LogP contribution in [0.2, 0.25) is 5.15 Å². The molecule has 1 saturated carbocycles. The van der Waals surface area contributed by atoms with E-state index in [0.717, 1.165) is 18.4 Å². The van der Waals surface area contributed by atoms with Crippen LogP contribution in [0.15, 0.2) is 12.1 Å². The third-order valence-corrected chi connectivity index (χ3v) is 3.17. The van der Waals surface area contributed by atoms with Gasteiger partial charge in [0.25, 0.3) is 0 Å². The predicted molar refractivity (Wildman–Crippen MR) is 57.4 cm³/mol. The number of carbonyl (C=O) groups is 1. The third-order valence-electron chi connectivity index (χ3n) is 2.96. The molecule has 0 aliphatic heterocycles. The van der Waals surface area contributed by atoms with E-state index < -0.39 is 0 Å². The average molecular weight is 226 g/mol. The molecule has 0 bridgehead atoms. The van der Waals surface area contributed by atoms with Gasteiger partial charge in [-0.2, -0.15) is 0 Å². The summed E-state index contributed by atoms with van der Waals surface area (Å²) >= 11 is 5.77. The van der Waals surface area contributed by atoms with Gasteiger partial charge in [-0.05, 0) is 31.9 Å². The molecule has 1 aliphatic carbocycles. The van der Waals surface area contributed by atoms with Gasteiger partial charge in [0.05, 0.1) is 12.5 Å². The largest absolute Gasteiger partial charge is 0.481 e. The van der Waals surface area contributed by atoms with Crippen molar-refractivity contribution in [2.24, 2.45) is 0 Å². The number of halogens is 1. The van der Waals surface area contributed by atoms with Crippen molar-refractivity contribution in [1.29, 1.82) is 0 Å². The van der Waals surface area contributed by atoms with E-state index in [0.29, 0.717) is 11.0 Å².